The summed E-state index contributed by atoms with van der Waals surface area (Å²) in [7, 11) is 0. The second kappa shape index (κ2) is 14.1. The van der Waals surface area contributed by atoms with Crippen molar-refractivity contribution in [2.24, 2.45) is 0 Å². The van der Waals surface area contributed by atoms with Gasteiger partial charge in [-0.15, -0.1) is 0 Å². The lowest BCUT2D eigenvalue weighted by Gasteiger charge is -2.36. The number of hydrogen-bond donors (Lipinski definition) is 4. The molecular formula is C27H32N4O6S. The van der Waals surface area contributed by atoms with Crippen molar-refractivity contribution in [1.29, 1.82) is 0 Å². The van der Waals surface area contributed by atoms with Gasteiger partial charge in [0.1, 0.15) is 6.33 Å². The van der Waals surface area contributed by atoms with E-state index in [2.05, 4.69) is 20.5 Å². The Balaban J connectivity index is 1.37. The van der Waals surface area contributed by atoms with Crippen LogP contribution in [0.4, 0.5) is 5.69 Å². The molecule has 0 saturated carbocycles. The number of benzene rings is 2. The number of hydrogen-bond acceptors (Lipinski definition) is 8. The van der Waals surface area contributed by atoms with Crippen LogP contribution in [0.2, 0.25) is 0 Å². The Bertz CT molecular complexity index is 1160. The molecular weight excluding hydrogens is 508 g/mol. The van der Waals surface area contributed by atoms with Gasteiger partial charge in [-0.3, -0.25) is 14.7 Å². The molecule has 2 heterocycles. The number of aliphatic carboxylic acids is 1. The topological polar surface area (TPSA) is 147 Å². The summed E-state index contributed by atoms with van der Waals surface area (Å²) in [4.78, 5) is 27.0. The van der Waals surface area contributed by atoms with Gasteiger partial charge in [0.2, 0.25) is 5.91 Å². The molecule has 1 fully saturated rings. The Labute approximate surface area is 225 Å². The van der Waals surface area contributed by atoms with E-state index in [0.29, 0.717) is 43.5 Å². The highest BCUT2D eigenvalue weighted by molar-refractivity contribution is 7.99. The summed E-state index contributed by atoms with van der Waals surface area (Å²) in [6, 6.07) is 15.1. The van der Waals surface area contributed by atoms with Crippen molar-refractivity contribution in [3.05, 3.63) is 71.5 Å². The molecule has 38 heavy (non-hydrogen) atoms. The third kappa shape index (κ3) is 8.38. The van der Waals surface area contributed by atoms with Crippen molar-refractivity contribution < 1.29 is 29.3 Å². The number of rotatable bonds is 13. The maximum absolute atomic E-state index is 12.2. The predicted octanol–water partition coefficient (Wildman–Crippen LogP) is 4.61. The molecule has 1 aliphatic heterocycles. The van der Waals surface area contributed by atoms with Crippen LogP contribution in [-0.2, 0) is 25.7 Å². The summed E-state index contributed by atoms with van der Waals surface area (Å²) >= 11 is 1.53. The molecule has 0 bridgehead atoms. The lowest BCUT2D eigenvalue weighted by Crippen LogP contribution is -2.31. The zero-order valence-electron chi connectivity index (χ0n) is 20.9. The zero-order chi connectivity index (χ0) is 26.7. The lowest BCUT2D eigenvalue weighted by molar-refractivity contribution is -0.245. The normalized spacial score (nSPS) is 19.2. The lowest BCUT2D eigenvalue weighted by atomic mass is 10.0. The molecule has 1 aliphatic rings. The van der Waals surface area contributed by atoms with E-state index in [0.717, 1.165) is 21.8 Å². The van der Waals surface area contributed by atoms with Crippen molar-refractivity contribution in [2.45, 2.75) is 68.8 Å². The van der Waals surface area contributed by atoms with E-state index in [4.69, 9.17) is 14.6 Å². The first-order chi connectivity index (χ1) is 18.5. The fourth-order valence-electron chi connectivity index (χ4n) is 4.14. The highest BCUT2D eigenvalue weighted by Gasteiger charge is 2.32. The number of aromatic amines is 1. The number of unbranched alkanes of at least 4 members (excludes halogenated alkanes) is 2. The third-order valence-electron chi connectivity index (χ3n) is 6.17. The van der Waals surface area contributed by atoms with Crippen molar-refractivity contribution >= 4 is 29.3 Å². The molecule has 0 spiro atoms. The first-order valence-electron chi connectivity index (χ1n) is 12.6. The molecule has 3 atom stereocenters. The molecule has 0 aliphatic carbocycles. The number of aliphatic hydroxyl groups excluding tert-OH is 1. The monoisotopic (exact) mass is 540 g/mol. The van der Waals surface area contributed by atoms with Gasteiger partial charge in [-0.2, -0.15) is 5.10 Å². The quantitative estimate of drug-likeness (QED) is 0.180. The smallest absolute Gasteiger partial charge is 0.303 e. The fraction of sp³-hybridized carbons (Fsp3) is 0.407. The summed E-state index contributed by atoms with van der Waals surface area (Å²) in [6.45, 7) is -0.0123. The highest BCUT2D eigenvalue weighted by Crippen LogP contribution is 2.39. The molecule has 10 nitrogen and oxygen atoms in total. The van der Waals surface area contributed by atoms with Crippen LogP contribution < -0.4 is 5.32 Å². The van der Waals surface area contributed by atoms with Gasteiger partial charge >= 0.3 is 5.97 Å². The Morgan fingerprint density at radius 3 is 2.42 bits per heavy atom. The van der Waals surface area contributed by atoms with Crippen molar-refractivity contribution in [3.63, 3.8) is 0 Å². The van der Waals surface area contributed by atoms with E-state index in [9.17, 15) is 14.7 Å². The van der Waals surface area contributed by atoms with Gasteiger partial charge < -0.3 is 25.0 Å². The van der Waals surface area contributed by atoms with Crippen LogP contribution in [0, 0.1) is 0 Å². The fourth-order valence-corrected chi connectivity index (χ4v) is 4.94. The maximum atomic E-state index is 12.2. The van der Waals surface area contributed by atoms with Gasteiger partial charge in [-0.25, -0.2) is 4.98 Å². The minimum atomic E-state index is -0.814. The molecule has 11 heteroatoms. The number of carboxylic acid groups (broad SMARTS) is 1. The summed E-state index contributed by atoms with van der Waals surface area (Å²) < 4.78 is 12.7. The van der Waals surface area contributed by atoms with Gasteiger partial charge in [0.25, 0.3) is 0 Å². The SMILES string of the molecule is O=C(O)CCCCCC(=O)Nc1ccc([C@@H]2O[C@H](CSc3ncn[nH]3)C[C@H](c3ccc(CO)cc3)O2)cc1. The largest absolute Gasteiger partial charge is 0.481 e. The molecule has 2 aromatic carbocycles. The van der Waals surface area contributed by atoms with Crippen molar-refractivity contribution in [2.75, 3.05) is 11.1 Å². The minimum absolute atomic E-state index is 0.0123. The molecule has 1 saturated heterocycles. The molecule has 202 valence electrons. The number of thioether (sulfide) groups is 1. The van der Waals surface area contributed by atoms with Crippen LogP contribution in [0.5, 0.6) is 0 Å². The van der Waals surface area contributed by atoms with E-state index < -0.39 is 12.3 Å². The number of anilines is 1. The number of aliphatic hydroxyl groups is 1. The van der Waals surface area contributed by atoms with E-state index in [1.54, 1.807) is 0 Å². The maximum Gasteiger partial charge on any atom is 0.303 e. The number of carbonyl (C=O) groups excluding carboxylic acids is 1. The van der Waals surface area contributed by atoms with Gasteiger partial charge in [0.15, 0.2) is 11.4 Å². The second-order valence-corrected chi connectivity index (χ2v) is 10.1. The first kappa shape index (κ1) is 27.8. The average Bonchev–Trinajstić information content (AvgIpc) is 3.46. The number of nitrogens with one attached hydrogen (secondary N) is 2. The number of amides is 1. The Morgan fingerprint density at radius 1 is 1.00 bits per heavy atom. The highest BCUT2D eigenvalue weighted by atomic mass is 32.2. The number of ether oxygens (including phenoxy) is 2. The molecule has 3 aromatic rings. The van der Waals surface area contributed by atoms with Crippen LogP contribution in [0.3, 0.4) is 0 Å². The Kier molecular flexibility index (Phi) is 10.3. The van der Waals surface area contributed by atoms with Gasteiger partial charge in [-0.1, -0.05) is 54.6 Å². The van der Waals surface area contributed by atoms with Crippen LogP contribution >= 0.6 is 11.8 Å². The minimum Gasteiger partial charge on any atom is -0.481 e. The van der Waals surface area contributed by atoms with Crippen LogP contribution in [0.1, 0.15) is 67.6 Å². The van der Waals surface area contributed by atoms with Crippen LogP contribution in [0.15, 0.2) is 60.0 Å². The van der Waals surface area contributed by atoms with E-state index in [1.165, 1.54) is 18.1 Å². The summed E-state index contributed by atoms with van der Waals surface area (Å²) in [6.07, 6.45) is 3.64. The molecule has 0 unspecified atom stereocenters. The van der Waals surface area contributed by atoms with E-state index >= 15 is 0 Å². The van der Waals surface area contributed by atoms with E-state index in [1.807, 2.05) is 48.5 Å². The summed E-state index contributed by atoms with van der Waals surface area (Å²) in [5, 5.41) is 28.4. The average molecular weight is 541 g/mol. The number of carboxylic acids is 1. The van der Waals surface area contributed by atoms with E-state index in [-0.39, 0.29) is 31.1 Å². The van der Waals surface area contributed by atoms with Crippen molar-refractivity contribution in [3.8, 4) is 0 Å². The number of H-pyrrole nitrogens is 1. The zero-order valence-corrected chi connectivity index (χ0v) is 21.7. The Morgan fingerprint density at radius 2 is 1.74 bits per heavy atom. The Hall–Kier alpha value is -3.25. The van der Waals surface area contributed by atoms with Crippen LogP contribution in [0.25, 0.3) is 0 Å². The summed E-state index contributed by atoms with van der Waals surface area (Å²) in [5.74, 6) is -0.249. The van der Waals surface area contributed by atoms with Gasteiger partial charge in [-0.05, 0) is 36.1 Å². The number of aromatic nitrogens is 3. The molecule has 4 N–H and O–H groups in total. The molecule has 4 rings (SSSR count). The first-order valence-corrected chi connectivity index (χ1v) is 13.6. The van der Waals surface area contributed by atoms with Gasteiger partial charge in [0.05, 0.1) is 18.8 Å². The van der Waals surface area contributed by atoms with Crippen LogP contribution in [-0.4, -0.2) is 49.1 Å². The summed E-state index contributed by atoms with van der Waals surface area (Å²) in [5.41, 5.74) is 3.36. The molecule has 0 radical (unpaired) electrons. The van der Waals surface area contributed by atoms with Gasteiger partial charge in [0, 0.05) is 36.3 Å². The third-order valence-corrected chi connectivity index (χ3v) is 7.18. The molecule has 1 amide bonds. The molecule has 1 aromatic heterocycles. The standard InChI is InChI=1S/C27H32N4O6S/c32-15-18-6-8-19(9-7-18)23-14-22(16-38-27-28-17-29-31-27)36-26(37-23)20-10-12-21(13-11-20)30-24(33)4-2-1-3-5-25(34)35/h6-13,17,22-23,26,32H,1-5,14-16H2,(H,30,33)(H,34,35)(H,28,29,31)/t22-,23+,26+/m0/s1. The number of carbonyl (C=O) groups is 2. The number of nitrogens with zero attached hydrogens (tertiary/aromatic N) is 2. The van der Waals surface area contributed by atoms with Crippen molar-refractivity contribution in [1.82, 2.24) is 15.2 Å². The second-order valence-electron chi connectivity index (χ2n) is 9.08. The predicted molar refractivity (Wildman–Crippen MR) is 141 cm³/mol.